The highest BCUT2D eigenvalue weighted by Gasteiger charge is 2.38. The highest BCUT2D eigenvalue weighted by molar-refractivity contribution is 5.77. The summed E-state index contributed by atoms with van der Waals surface area (Å²) in [6, 6.07) is -0.746. The second-order valence-corrected chi connectivity index (χ2v) is 3.32. The van der Waals surface area contributed by atoms with Gasteiger partial charge in [0.1, 0.15) is 0 Å². The maximum absolute atomic E-state index is 11.4. The van der Waals surface area contributed by atoms with Gasteiger partial charge in [0.25, 0.3) is 0 Å². The van der Waals surface area contributed by atoms with Gasteiger partial charge in [0.2, 0.25) is 0 Å². The first-order valence-electron chi connectivity index (χ1n) is 4.68. The van der Waals surface area contributed by atoms with E-state index in [0.717, 1.165) is 0 Å². The van der Waals surface area contributed by atoms with E-state index in [1.54, 1.807) is 0 Å². The summed E-state index contributed by atoms with van der Waals surface area (Å²) in [6.07, 6.45) is 0.413. The number of ether oxygens (including phenoxy) is 1. The smallest absolute Gasteiger partial charge is 0.320 e. The lowest BCUT2D eigenvalue weighted by Crippen LogP contribution is -2.40. The molecule has 2 atom stereocenters. The lowest BCUT2D eigenvalue weighted by atomic mass is 10.1. The van der Waals surface area contributed by atoms with Gasteiger partial charge >= 0.3 is 6.03 Å². The van der Waals surface area contributed by atoms with Gasteiger partial charge in [-0.25, -0.2) is 14.9 Å². The molecule has 1 aliphatic heterocycles. The van der Waals surface area contributed by atoms with Crippen molar-refractivity contribution in [2.45, 2.75) is 18.5 Å². The van der Waals surface area contributed by atoms with Gasteiger partial charge in [-0.3, -0.25) is 4.90 Å². The lowest BCUT2D eigenvalue weighted by molar-refractivity contribution is -0.265. The molecule has 7 nitrogen and oxygen atoms in total. The minimum Gasteiger partial charge on any atom is -0.396 e. The number of hydrogen-bond donors (Lipinski definition) is 3. The summed E-state index contributed by atoms with van der Waals surface area (Å²) in [5, 5.41) is 19.9. The van der Waals surface area contributed by atoms with E-state index in [4.69, 9.17) is 15.1 Å². The fraction of sp³-hybridized carbons (Fsp3) is 0.875. The number of hydrogen-bond acceptors (Lipinski definition) is 5. The molecule has 0 aromatic heterocycles. The topological polar surface area (TPSA) is 91.3 Å². The van der Waals surface area contributed by atoms with Crippen LogP contribution in [0.4, 0.5) is 4.79 Å². The van der Waals surface area contributed by atoms with Crippen molar-refractivity contribution in [1.82, 2.24) is 10.2 Å². The Morgan fingerprint density at radius 1 is 1.60 bits per heavy atom. The van der Waals surface area contributed by atoms with Crippen LogP contribution >= 0.6 is 0 Å². The van der Waals surface area contributed by atoms with Gasteiger partial charge in [-0.05, 0) is 6.42 Å². The summed E-state index contributed by atoms with van der Waals surface area (Å²) in [5.41, 5.74) is 0. The van der Waals surface area contributed by atoms with Crippen molar-refractivity contribution in [3.8, 4) is 0 Å². The Balaban J connectivity index is 2.63. The van der Waals surface area contributed by atoms with Crippen LogP contribution in [-0.2, 0) is 9.62 Å². The van der Waals surface area contributed by atoms with Gasteiger partial charge in [-0.1, -0.05) is 0 Å². The molecule has 1 fully saturated rings. The van der Waals surface area contributed by atoms with Crippen molar-refractivity contribution >= 4 is 6.03 Å². The Morgan fingerprint density at radius 2 is 2.33 bits per heavy atom. The zero-order valence-corrected chi connectivity index (χ0v) is 8.55. The van der Waals surface area contributed by atoms with Crippen LogP contribution in [0.2, 0.25) is 0 Å². The van der Waals surface area contributed by atoms with E-state index in [9.17, 15) is 4.79 Å². The maximum atomic E-state index is 11.4. The lowest BCUT2D eigenvalue weighted by Gasteiger charge is -2.23. The standard InChI is InChI=1S/C8H16N2O5/c1-14-4-6-7(2-3-11)10(5-15-13)8(12)9-6/h6-7,11,13H,2-5H2,1H3,(H,9,12). The normalized spacial score (nSPS) is 25.8. The van der Waals surface area contributed by atoms with Crippen LogP contribution in [0.25, 0.3) is 0 Å². The fourth-order valence-electron chi connectivity index (χ4n) is 1.74. The highest BCUT2D eigenvalue weighted by atomic mass is 17.1. The van der Waals surface area contributed by atoms with Crippen molar-refractivity contribution in [3.05, 3.63) is 0 Å². The molecule has 0 aromatic carbocycles. The molecule has 0 bridgehead atoms. The largest absolute Gasteiger partial charge is 0.396 e. The summed E-state index contributed by atoms with van der Waals surface area (Å²) in [6.45, 7) is 0.108. The van der Waals surface area contributed by atoms with Crippen molar-refractivity contribution in [2.75, 3.05) is 27.1 Å². The van der Waals surface area contributed by atoms with Gasteiger partial charge in [0, 0.05) is 13.7 Å². The van der Waals surface area contributed by atoms with E-state index in [1.807, 2.05) is 0 Å². The molecule has 7 heteroatoms. The Hall–Kier alpha value is -0.890. The van der Waals surface area contributed by atoms with E-state index in [1.165, 1.54) is 12.0 Å². The molecular weight excluding hydrogens is 204 g/mol. The third-order valence-corrected chi connectivity index (χ3v) is 2.40. The Labute approximate surface area is 87.5 Å². The van der Waals surface area contributed by atoms with Gasteiger partial charge in [0.05, 0.1) is 18.7 Å². The molecule has 1 aliphatic rings. The van der Waals surface area contributed by atoms with Gasteiger partial charge < -0.3 is 15.2 Å². The third-order valence-electron chi connectivity index (χ3n) is 2.40. The molecule has 1 rings (SSSR count). The molecular formula is C8H16N2O5. The van der Waals surface area contributed by atoms with Crippen molar-refractivity contribution in [3.63, 3.8) is 0 Å². The first-order valence-corrected chi connectivity index (χ1v) is 4.68. The third kappa shape index (κ3) is 2.78. The number of nitrogens with zero attached hydrogens (tertiary/aromatic N) is 1. The van der Waals surface area contributed by atoms with Crippen molar-refractivity contribution < 1.29 is 24.8 Å². The minimum absolute atomic E-state index is 0.0399. The number of rotatable bonds is 6. The molecule has 88 valence electrons. The van der Waals surface area contributed by atoms with Crippen LogP contribution in [0.5, 0.6) is 0 Å². The first kappa shape index (κ1) is 12.2. The predicted octanol–water partition coefficient (Wildman–Crippen LogP) is -0.775. The van der Waals surface area contributed by atoms with Crippen LogP contribution in [-0.4, -0.2) is 60.4 Å². The monoisotopic (exact) mass is 220 g/mol. The highest BCUT2D eigenvalue weighted by Crippen LogP contribution is 2.16. The quantitative estimate of drug-likeness (QED) is 0.403. The molecule has 0 aliphatic carbocycles. The number of nitrogens with one attached hydrogen (secondary N) is 1. The Bertz CT molecular complexity index is 213. The molecule has 0 spiro atoms. The SMILES string of the molecule is COCC1NC(=O)N(COO)C1CCO. The van der Waals surface area contributed by atoms with Gasteiger partial charge in [-0.15, -0.1) is 0 Å². The number of aliphatic hydroxyl groups is 1. The number of urea groups is 1. The summed E-state index contributed by atoms with van der Waals surface area (Å²) in [7, 11) is 1.54. The Kier molecular flexibility index (Phi) is 4.76. The zero-order chi connectivity index (χ0) is 11.3. The summed E-state index contributed by atoms with van der Waals surface area (Å²) in [5.74, 6) is 0. The predicted molar refractivity (Wildman–Crippen MR) is 50.1 cm³/mol. The molecule has 3 N–H and O–H groups in total. The van der Waals surface area contributed by atoms with Crippen molar-refractivity contribution in [2.24, 2.45) is 0 Å². The second kappa shape index (κ2) is 5.86. The van der Waals surface area contributed by atoms with E-state index in [-0.39, 0.29) is 31.5 Å². The number of carbonyl (C=O) groups excluding carboxylic acids is 1. The van der Waals surface area contributed by atoms with Crippen LogP contribution in [0, 0.1) is 0 Å². The number of amides is 2. The molecule has 1 heterocycles. The molecule has 0 radical (unpaired) electrons. The zero-order valence-electron chi connectivity index (χ0n) is 8.55. The van der Waals surface area contributed by atoms with Crippen LogP contribution in [0.3, 0.4) is 0 Å². The van der Waals surface area contributed by atoms with E-state index in [2.05, 4.69) is 10.2 Å². The van der Waals surface area contributed by atoms with Crippen molar-refractivity contribution in [1.29, 1.82) is 0 Å². The van der Waals surface area contributed by atoms with E-state index >= 15 is 0 Å². The minimum atomic E-state index is -0.329. The molecule has 2 unspecified atom stereocenters. The summed E-state index contributed by atoms with van der Waals surface area (Å²) < 4.78 is 4.95. The fourth-order valence-corrected chi connectivity index (χ4v) is 1.74. The Morgan fingerprint density at radius 3 is 2.87 bits per heavy atom. The molecule has 0 saturated carbocycles. The van der Waals surface area contributed by atoms with Crippen LogP contribution in [0.1, 0.15) is 6.42 Å². The van der Waals surface area contributed by atoms with Crippen LogP contribution < -0.4 is 5.32 Å². The molecule has 2 amide bonds. The first-order chi connectivity index (χ1) is 7.24. The van der Waals surface area contributed by atoms with Gasteiger partial charge in [-0.2, -0.15) is 0 Å². The summed E-state index contributed by atoms with van der Waals surface area (Å²) >= 11 is 0. The molecule has 0 aromatic rings. The van der Waals surface area contributed by atoms with Crippen LogP contribution in [0.15, 0.2) is 0 Å². The van der Waals surface area contributed by atoms with E-state index in [0.29, 0.717) is 13.0 Å². The average Bonchev–Trinajstić information content (AvgIpc) is 2.48. The molecule has 1 saturated heterocycles. The number of carbonyl (C=O) groups is 1. The average molecular weight is 220 g/mol. The maximum Gasteiger partial charge on any atom is 0.320 e. The number of methoxy groups -OCH3 is 1. The number of aliphatic hydroxyl groups excluding tert-OH is 1. The second-order valence-electron chi connectivity index (χ2n) is 3.32. The van der Waals surface area contributed by atoms with Gasteiger partial charge in [0.15, 0.2) is 6.73 Å². The summed E-state index contributed by atoms with van der Waals surface area (Å²) in [4.78, 5) is 16.7. The molecule has 15 heavy (non-hydrogen) atoms. The van der Waals surface area contributed by atoms with E-state index < -0.39 is 0 Å².